The number of aromatic nitrogens is 1. The zero-order valence-corrected chi connectivity index (χ0v) is 12.5. The van der Waals surface area contributed by atoms with E-state index in [-0.39, 0.29) is 17.6 Å². The van der Waals surface area contributed by atoms with E-state index in [9.17, 15) is 14.9 Å². The second-order valence-electron chi connectivity index (χ2n) is 5.70. The second-order valence-corrected chi connectivity index (χ2v) is 5.70. The molecule has 0 bridgehead atoms. The standard InChI is InChI=1S/C14H22N4O3/c1-10(2)17-9-12(18(20)21)7-13(17)14(19)16-8-11-5-3-4-6-15-11/h7,9-11,15H,3-6,8H2,1-2H3,(H,16,19). The van der Waals surface area contributed by atoms with Crippen molar-refractivity contribution in [3.8, 4) is 0 Å². The average Bonchev–Trinajstić information content (AvgIpc) is 2.91. The van der Waals surface area contributed by atoms with Gasteiger partial charge in [0.2, 0.25) is 0 Å². The van der Waals surface area contributed by atoms with Crippen LogP contribution in [0.2, 0.25) is 0 Å². The maximum Gasteiger partial charge on any atom is 0.287 e. The van der Waals surface area contributed by atoms with Gasteiger partial charge in [0.15, 0.2) is 0 Å². The van der Waals surface area contributed by atoms with Gasteiger partial charge in [0.25, 0.3) is 11.6 Å². The van der Waals surface area contributed by atoms with Crippen LogP contribution in [-0.4, -0.2) is 34.5 Å². The molecule has 1 saturated heterocycles. The first-order chi connectivity index (χ1) is 9.99. The smallest absolute Gasteiger partial charge is 0.287 e. The molecule has 1 aliphatic heterocycles. The van der Waals surface area contributed by atoms with Crippen molar-refractivity contribution >= 4 is 11.6 Å². The molecule has 7 nitrogen and oxygen atoms in total. The first-order valence-electron chi connectivity index (χ1n) is 7.37. The van der Waals surface area contributed by atoms with Gasteiger partial charge in [-0.3, -0.25) is 14.9 Å². The van der Waals surface area contributed by atoms with Crippen molar-refractivity contribution in [3.63, 3.8) is 0 Å². The summed E-state index contributed by atoms with van der Waals surface area (Å²) in [5.41, 5.74) is 0.289. The van der Waals surface area contributed by atoms with Gasteiger partial charge in [-0.25, -0.2) is 0 Å². The largest absolute Gasteiger partial charge is 0.349 e. The molecule has 0 saturated carbocycles. The van der Waals surface area contributed by atoms with Gasteiger partial charge in [-0.1, -0.05) is 6.42 Å². The number of nitro groups is 1. The number of carbonyl (C=O) groups excluding carboxylic acids is 1. The van der Waals surface area contributed by atoms with Crippen LogP contribution in [0.4, 0.5) is 5.69 Å². The van der Waals surface area contributed by atoms with E-state index in [0.29, 0.717) is 18.3 Å². The van der Waals surface area contributed by atoms with E-state index in [0.717, 1.165) is 13.0 Å². The highest BCUT2D eigenvalue weighted by atomic mass is 16.6. The Hall–Kier alpha value is -1.89. The summed E-state index contributed by atoms with van der Waals surface area (Å²) in [7, 11) is 0. The lowest BCUT2D eigenvalue weighted by molar-refractivity contribution is -0.384. The van der Waals surface area contributed by atoms with Crippen LogP contribution in [0.25, 0.3) is 0 Å². The maximum atomic E-state index is 12.3. The van der Waals surface area contributed by atoms with E-state index in [4.69, 9.17) is 0 Å². The van der Waals surface area contributed by atoms with Gasteiger partial charge in [0.05, 0.1) is 11.1 Å². The lowest BCUT2D eigenvalue weighted by Gasteiger charge is -2.23. The van der Waals surface area contributed by atoms with E-state index in [2.05, 4.69) is 10.6 Å². The summed E-state index contributed by atoms with van der Waals surface area (Å²) < 4.78 is 1.64. The minimum Gasteiger partial charge on any atom is -0.349 e. The molecule has 0 aliphatic carbocycles. The molecular weight excluding hydrogens is 272 g/mol. The monoisotopic (exact) mass is 294 g/mol. The van der Waals surface area contributed by atoms with Gasteiger partial charge in [0.1, 0.15) is 5.69 Å². The van der Waals surface area contributed by atoms with Crippen molar-refractivity contribution in [1.82, 2.24) is 15.2 Å². The third-order valence-electron chi connectivity index (χ3n) is 3.76. The fourth-order valence-corrected chi connectivity index (χ4v) is 2.58. The number of piperidine rings is 1. The topological polar surface area (TPSA) is 89.2 Å². The van der Waals surface area contributed by atoms with Crippen LogP contribution in [0, 0.1) is 10.1 Å². The van der Waals surface area contributed by atoms with Gasteiger partial charge < -0.3 is 15.2 Å². The summed E-state index contributed by atoms with van der Waals surface area (Å²) in [5.74, 6) is -0.260. The quantitative estimate of drug-likeness (QED) is 0.640. The van der Waals surface area contributed by atoms with Gasteiger partial charge in [0, 0.05) is 24.7 Å². The highest BCUT2D eigenvalue weighted by Crippen LogP contribution is 2.20. The highest BCUT2D eigenvalue weighted by Gasteiger charge is 2.21. The number of hydrogen-bond donors (Lipinski definition) is 2. The van der Waals surface area contributed by atoms with Crippen molar-refractivity contribution in [2.45, 2.75) is 45.2 Å². The molecule has 7 heteroatoms. The van der Waals surface area contributed by atoms with Crippen LogP contribution in [0.1, 0.15) is 49.6 Å². The molecule has 0 radical (unpaired) electrons. The van der Waals surface area contributed by atoms with Crippen molar-refractivity contribution in [3.05, 3.63) is 28.1 Å². The third-order valence-corrected chi connectivity index (χ3v) is 3.76. The van der Waals surface area contributed by atoms with Gasteiger partial charge in [-0.2, -0.15) is 0 Å². The van der Waals surface area contributed by atoms with E-state index in [1.54, 1.807) is 4.57 Å². The average molecular weight is 294 g/mol. The first kappa shape index (κ1) is 15.5. The number of nitrogens with zero attached hydrogens (tertiary/aromatic N) is 2. The zero-order valence-electron chi connectivity index (χ0n) is 12.5. The SMILES string of the molecule is CC(C)n1cc([N+](=O)[O-])cc1C(=O)NCC1CCCCN1. The van der Waals surface area contributed by atoms with E-state index < -0.39 is 4.92 Å². The zero-order chi connectivity index (χ0) is 15.4. The van der Waals surface area contributed by atoms with Gasteiger partial charge >= 0.3 is 0 Å². The molecule has 1 aromatic heterocycles. The molecule has 2 rings (SSSR count). The molecule has 1 unspecified atom stereocenters. The molecule has 1 amide bonds. The maximum absolute atomic E-state index is 12.3. The van der Waals surface area contributed by atoms with Crippen LogP contribution >= 0.6 is 0 Å². The normalized spacial score (nSPS) is 18.7. The second kappa shape index (κ2) is 6.71. The Morgan fingerprint density at radius 3 is 2.90 bits per heavy atom. The summed E-state index contributed by atoms with van der Waals surface area (Å²) in [6, 6.07) is 1.62. The summed E-state index contributed by atoms with van der Waals surface area (Å²) in [6.45, 7) is 5.32. The lowest BCUT2D eigenvalue weighted by Crippen LogP contribution is -2.43. The Balaban J connectivity index is 2.05. The van der Waals surface area contributed by atoms with Gasteiger partial charge in [-0.05, 0) is 33.2 Å². The Kier molecular flexibility index (Phi) is 4.95. The minimum absolute atomic E-state index is 0.00717. The molecule has 1 aromatic rings. The molecule has 1 atom stereocenters. The fourth-order valence-electron chi connectivity index (χ4n) is 2.58. The predicted octanol–water partition coefficient (Wildman–Crippen LogP) is 1.85. The molecule has 2 heterocycles. The van der Waals surface area contributed by atoms with Gasteiger partial charge in [-0.15, -0.1) is 0 Å². The summed E-state index contributed by atoms with van der Waals surface area (Å²) >= 11 is 0. The van der Waals surface area contributed by atoms with E-state index in [1.807, 2.05) is 13.8 Å². The highest BCUT2D eigenvalue weighted by molar-refractivity contribution is 5.93. The Morgan fingerprint density at radius 2 is 2.33 bits per heavy atom. The summed E-state index contributed by atoms with van der Waals surface area (Å²) in [4.78, 5) is 22.7. The Morgan fingerprint density at radius 1 is 1.57 bits per heavy atom. The van der Waals surface area contributed by atoms with E-state index in [1.165, 1.54) is 25.1 Å². The molecule has 0 aromatic carbocycles. The molecule has 1 aliphatic rings. The lowest BCUT2D eigenvalue weighted by atomic mass is 10.1. The van der Waals surface area contributed by atoms with Crippen molar-refractivity contribution < 1.29 is 9.72 Å². The van der Waals surface area contributed by atoms with Crippen molar-refractivity contribution in [2.75, 3.05) is 13.1 Å². The third kappa shape index (κ3) is 3.81. The molecule has 0 spiro atoms. The minimum atomic E-state index is -0.474. The molecule has 116 valence electrons. The number of hydrogen-bond acceptors (Lipinski definition) is 4. The Bertz CT molecular complexity index is 518. The fraction of sp³-hybridized carbons (Fsp3) is 0.643. The summed E-state index contributed by atoms with van der Waals surface area (Å²) in [6.07, 6.45) is 4.80. The molecule has 1 fully saturated rings. The van der Waals surface area contributed by atoms with Crippen LogP contribution in [-0.2, 0) is 0 Å². The molecular formula is C14H22N4O3. The summed E-state index contributed by atoms with van der Waals surface area (Å²) in [5, 5.41) is 17.1. The molecule has 2 N–H and O–H groups in total. The van der Waals surface area contributed by atoms with Crippen LogP contribution in [0.5, 0.6) is 0 Å². The van der Waals surface area contributed by atoms with Crippen LogP contribution in [0.15, 0.2) is 12.3 Å². The van der Waals surface area contributed by atoms with E-state index >= 15 is 0 Å². The number of carbonyl (C=O) groups is 1. The van der Waals surface area contributed by atoms with Crippen LogP contribution < -0.4 is 10.6 Å². The molecule has 21 heavy (non-hydrogen) atoms. The number of nitrogens with one attached hydrogen (secondary N) is 2. The number of rotatable bonds is 5. The predicted molar refractivity (Wildman–Crippen MR) is 79.4 cm³/mol. The van der Waals surface area contributed by atoms with Crippen molar-refractivity contribution in [1.29, 1.82) is 0 Å². The first-order valence-corrected chi connectivity index (χ1v) is 7.37. The Labute approximate surface area is 123 Å². The van der Waals surface area contributed by atoms with Crippen molar-refractivity contribution in [2.24, 2.45) is 0 Å². The van der Waals surface area contributed by atoms with Crippen LogP contribution in [0.3, 0.4) is 0 Å². The number of amides is 1.